The highest BCUT2D eigenvalue weighted by Crippen LogP contribution is 2.33. The first-order valence-electron chi connectivity index (χ1n) is 6.64. The average molecular weight is 224 g/mol. The van der Waals surface area contributed by atoms with Gasteiger partial charge >= 0.3 is 0 Å². The normalized spacial score (nSPS) is 29.8. The molecule has 1 amide bonds. The highest BCUT2D eigenvalue weighted by atomic mass is 16.2. The van der Waals surface area contributed by atoms with Crippen molar-refractivity contribution < 1.29 is 4.79 Å². The maximum atomic E-state index is 12.4. The van der Waals surface area contributed by atoms with Gasteiger partial charge in [-0.15, -0.1) is 0 Å². The number of carbonyl (C=O) groups excluding carboxylic acids is 1. The van der Waals surface area contributed by atoms with Crippen LogP contribution in [-0.2, 0) is 4.79 Å². The molecule has 3 heteroatoms. The first-order valence-corrected chi connectivity index (χ1v) is 6.64. The van der Waals surface area contributed by atoms with E-state index in [9.17, 15) is 4.79 Å². The summed E-state index contributed by atoms with van der Waals surface area (Å²) in [7, 11) is 0. The van der Waals surface area contributed by atoms with Crippen LogP contribution >= 0.6 is 0 Å². The fourth-order valence-electron chi connectivity index (χ4n) is 2.67. The van der Waals surface area contributed by atoms with E-state index in [4.69, 9.17) is 5.73 Å². The maximum Gasteiger partial charge on any atom is 0.225 e. The molecule has 2 atom stereocenters. The molecule has 16 heavy (non-hydrogen) atoms. The van der Waals surface area contributed by atoms with Crippen LogP contribution in [0.25, 0.3) is 0 Å². The van der Waals surface area contributed by atoms with Gasteiger partial charge in [0, 0.05) is 24.5 Å². The second-order valence-corrected chi connectivity index (χ2v) is 5.89. The summed E-state index contributed by atoms with van der Waals surface area (Å²) in [4.78, 5) is 14.5. The smallest absolute Gasteiger partial charge is 0.225 e. The summed E-state index contributed by atoms with van der Waals surface area (Å²) in [6, 6.07) is 0.806. The Morgan fingerprint density at radius 1 is 1.31 bits per heavy atom. The van der Waals surface area contributed by atoms with Crippen molar-refractivity contribution in [3.05, 3.63) is 0 Å². The Hall–Kier alpha value is -0.570. The SMILES string of the molecule is CC(C)CN(C(=O)C1CCC(N)C1)C1CC1. The molecule has 3 nitrogen and oxygen atoms in total. The molecule has 0 bridgehead atoms. The van der Waals surface area contributed by atoms with Crippen molar-refractivity contribution in [1.82, 2.24) is 4.90 Å². The van der Waals surface area contributed by atoms with E-state index in [0.29, 0.717) is 17.9 Å². The molecule has 0 aromatic heterocycles. The number of nitrogens with zero attached hydrogens (tertiary/aromatic N) is 1. The van der Waals surface area contributed by atoms with Crippen LogP contribution in [0.4, 0.5) is 0 Å². The fourth-order valence-corrected chi connectivity index (χ4v) is 2.67. The minimum atomic E-state index is 0.217. The third-order valence-corrected chi connectivity index (χ3v) is 3.65. The van der Waals surface area contributed by atoms with Crippen molar-refractivity contribution in [1.29, 1.82) is 0 Å². The lowest BCUT2D eigenvalue weighted by molar-refractivity contribution is -0.136. The molecule has 0 spiro atoms. The zero-order chi connectivity index (χ0) is 11.7. The van der Waals surface area contributed by atoms with E-state index in [1.807, 2.05) is 0 Å². The Kier molecular flexibility index (Phi) is 3.53. The molecular formula is C13H24N2O. The van der Waals surface area contributed by atoms with Gasteiger partial charge in [-0.25, -0.2) is 0 Å². The largest absolute Gasteiger partial charge is 0.339 e. The molecule has 0 saturated heterocycles. The van der Waals surface area contributed by atoms with E-state index in [2.05, 4.69) is 18.7 Å². The topological polar surface area (TPSA) is 46.3 Å². The maximum absolute atomic E-state index is 12.4. The van der Waals surface area contributed by atoms with E-state index < -0.39 is 0 Å². The molecule has 2 aliphatic carbocycles. The Morgan fingerprint density at radius 3 is 2.44 bits per heavy atom. The number of amides is 1. The number of hydrogen-bond donors (Lipinski definition) is 1. The monoisotopic (exact) mass is 224 g/mol. The zero-order valence-corrected chi connectivity index (χ0v) is 10.5. The molecule has 2 aliphatic rings. The predicted octanol–water partition coefficient (Wildman–Crippen LogP) is 1.76. The Bertz CT molecular complexity index is 261. The molecule has 0 aromatic carbocycles. The van der Waals surface area contributed by atoms with Gasteiger partial charge in [0.05, 0.1) is 0 Å². The molecule has 92 valence electrons. The van der Waals surface area contributed by atoms with Gasteiger partial charge in [-0.05, 0) is 38.0 Å². The Labute approximate surface area is 98.4 Å². The van der Waals surface area contributed by atoms with Crippen LogP contribution in [0, 0.1) is 11.8 Å². The van der Waals surface area contributed by atoms with Crippen LogP contribution in [0.5, 0.6) is 0 Å². The van der Waals surface area contributed by atoms with Gasteiger partial charge in [-0.3, -0.25) is 4.79 Å². The van der Waals surface area contributed by atoms with Crippen molar-refractivity contribution in [3.8, 4) is 0 Å². The van der Waals surface area contributed by atoms with Crippen molar-refractivity contribution >= 4 is 5.91 Å². The molecule has 0 radical (unpaired) electrons. The van der Waals surface area contributed by atoms with E-state index in [-0.39, 0.29) is 12.0 Å². The van der Waals surface area contributed by atoms with E-state index in [0.717, 1.165) is 25.8 Å². The van der Waals surface area contributed by atoms with Crippen LogP contribution in [-0.4, -0.2) is 29.4 Å². The summed E-state index contributed by atoms with van der Waals surface area (Å²) in [6.07, 6.45) is 5.34. The highest BCUT2D eigenvalue weighted by Gasteiger charge is 2.38. The molecule has 2 fully saturated rings. The minimum Gasteiger partial charge on any atom is -0.339 e. The van der Waals surface area contributed by atoms with Crippen LogP contribution in [0.15, 0.2) is 0 Å². The predicted molar refractivity (Wildman–Crippen MR) is 64.9 cm³/mol. The van der Waals surface area contributed by atoms with Crippen molar-refractivity contribution in [3.63, 3.8) is 0 Å². The number of hydrogen-bond acceptors (Lipinski definition) is 2. The van der Waals surface area contributed by atoms with Gasteiger partial charge in [0.15, 0.2) is 0 Å². The lowest BCUT2D eigenvalue weighted by Gasteiger charge is -2.27. The first kappa shape index (κ1) is 11.9. The third kappa shape index (κ3) is 2.76. The number of carbonyl (C=O) groups is 1. The lowest BCUT2D eigenvalue weighted by Crippen LogP contribution is -2.39. The van der Waals surface area contributed by atoms with Crippen molar-refractivity contribution in [2.24, 2.45) is 17.6 Å². The molecule has 2 saturated carbocycles. The van der Waals surface area contributed by atoms with Gasteiger partial charge < -0.3 is 10.6 Å². The van der Waals surface area contributed by atoms with E-state index in [1.165, 1.54) is 12.8 Å². The summed E-state index contributed by atoms with van der Waals surface area (Å²) in [5, 5.41) is 0. The lowest BCUT2D eigenvalue weighted by atomic mass is 10.0. The van der Waals surface area contributed by atoms with Crippen molar-refractivity contribution in [2.75, 3.05) is 6.54 Å². The van der Waals surface area contributed by atoms with Gasteiger partial charge in [-0.1, -0.05) is 13.8 Å². The number of rotatable bonds is 4. The summed E-state index contributed by atoms with van der Waals surface area (Å²) < 4.78 is 0. The third-order valence-electron chi connectivity index (χ3n) is 3.65. The second-order valence-electron chi connectivity index (χ2n) is 5.89. The summed E-state index contributed by atoms with van der Waals surface area (Å²) >= 11 is 0. The van der Waals surface area contributed by atoms with Crippen LogP contribution in [0.3, 0.4) is 0 Å². The highest BCUT2D eigenvalue weighted by molar-refractivity contribution is 5.79. The quantitative estimate of drug-likeness (QED) is 0.791. The van der Waals surface area contributed by atoms with E-state index in [1.54, 1.807) is 0 Å². The molecule has 0 heterocycles. The average Bonchev–Trinajstić information content (AvgIpc) is 2.96. The van der Waals surface area contributed by atoms with Crippen LogP contribution < -0.4 is 5.73 Å². The molecule has 2 unspecified atom stereocenters. The van der Waals surface area contributed by atoms with Crippen LogP contribution in [0.1, 0.15) is 46.0 Å². The molecular weight excluding hydrogens is 200 g/mol. The van der Waals surface area contributed by atoms with E-state index >= 15 is 0 Å². The fraction of sp³-hybridized carbons (Fsp3) is 0.923. The Balaban J connectivity index is 1.94. The summed E-state index contributed by atoms with van der Waals surface area (Å²) in [6.45, 7) is 5.29. The van der Waals surface area contributed by atoms with Crippen molar-refractivity contribution in [2.45, 2.75) is 58.0 Å². The van der Waals surface area contributed by atoms with Crippen LogP contribution in [0.2, 0.25) is 0 Å². The molecule has 2 N–H and O–H groups in total. The molecule has 0 aliphatic heterocycles. The summed E-state index contributed by atoms with van der Waals surface area (Å²) in [5.41, 5.74) is 5.89. The van der Waals surface area contributed by atoms with Gasteiger partial charge in [0.2, 0.25) is 5.91 Å². The summed E-state index contributed by atoms with van der Waals surface area (Å²) in [5.74, 6) is 1.16. The van der Waals surface area contributed by atoms with Gasteiger partial charge in [-0.2, -0.15) is 0 Å². The number of nitrogens with two attached hydrogens (primary N) is 1. The first-order chi connectivity index (χ1) is 7.58. The zero-order valence-electron chi connectivity index (χ0n) is 10.5. The Morgan fingerprint density at radius 2 is 2.00 bits per heavy atom. The molecule has 0 aromatic rings. The second kappa shape index (κ2) is 4.74. The minimum absolute atomic E-state index is 0.217. The molecule has 2 rings (SSSR count). The van der Waals surface area contributed by atoms with Gasteiger partial charge in [0.1, 0.15) is 0 Å². The van der Waals surface area contributed by atoms with Gasteiger partial charge in [0.25, 0.3) is 0 Å². The standard InChI is InChI=1S/C13H24N2O/c1-9(2)8-15(12-5-6-12)13(16)10-3-4-11(14)7-10/h9-12H,3-8,14H2,1-2H3.